The van der Waals surface area contributed by atoms with Crippen LogP contribution in [-0.4, -0.2) is 62.5 Å². The van der Waals surface area contributed by atoms with Gasteiger partial charge < -0.3 is 15.2 Å². The second kappa shape index (κ2) is 9.98. The number of carbonyl (C=O) groups excluding carboxylic acids is 1. The van der Waals surface area contributed by atoms with Gasteiger partial charge in [0, 0.05) is 19.3 Å². The van der Waals surface area contributed by atoms with Crippen LogP contribution in [0, 0.1) is 6.92 Å². The molecule has 0 spiro atoms. The number of aromatic nitrogens is 2. The van der Waals surface area contributed by atoms with Gasteiger partial charge in [-0.25, -0.2) is 4.98 Å². The highest BCUT2D eigenvalue weighted by Crippen LogP contribution is 2.32. The van der Waals surface area contributed by atoms with E-state index in [9.17, 15) is 9.59 Å². The van der Waals surface area contributed by atoms with Crippen LogP contribution in [0.4, 0.5) is 5.82 Å². The average molecular weight is 447 g/mol. The fourth-order valence-corrected chi connectivity index (χ4v) is 4.11. The molecule has 2 N–H and O–H groups in total. The van der Waals surface area contributed by atoms with Crippen molar-refractivity contribution in [1.82, 2.24) is 14.3 Å². The summed E-state index contributed by atoms with van der Waals surface area (Å²) in [5.74, 6) is 0.0845. The largest absolute Gasteiger partial charge is 0.394 e. The predicted octanol–water partition coefficient (Wildman–Crippen LogP) is 1.81. The van der Waals surface area contributed by atoms with Gasteiger partial charge in [-0.1, -0.05) is 36.1 Å². The van der Waals surface area contributed by atoms with E-state index < -0.39 is 0 Å². The van der Waals surface area contributed by atoms with Gasteiger partial charge in [0.2, 0.25) is 0 Å². The monoisotopic (exact) mass is 446 g/mol. The van der Waals surface area contributed by atoms with Crippen molar-refractivity contribution >= 4 is 51.7 Å². The highest BCUT2D eigenvalue weighted by molar-refractivity contribution is 8.26. The molecule has 1 amide bonds. The first kappa shape index (κ1) is 22.2. The van der Waals surface area contributed by atoms with Crippen molar-refractivity contribution in [3.63, 3.8) is 0 Å². The Morgan fingerprint density at radius 3 is 2.90 bits per heavy atom. The van der Waals surface area contributed by atoms with E-state index in [1.807, 2.05) is 13.0 Å². The molecule has 0 atom stereocenters. The normalized spacial score (nSPS) is 15.4. The number of fused-ring (bicyclic) bond motifs is 1. The molecule has 3 heterocycles. The Morgan fingerprint density at radius 2 is 2.17 bits per heavy atom. The van der Waals surface area contributed by atoms with Crippen LogP contribution in [0.15, 0.2) is 40.7 Å². The summed E-state index contributed by atoms with van der Waals surface area (Å²) >= 11 is 6.42. The second-order valence-electron chi connectivity index (χ2n) is 6.46. The zero-order valence-corrected chi connectivity index (χ0v) is 18.1. The molecular formula is C20H22N4O4S2. The molecule has 30 heavy (non-hydrogen) atoms. The lowest BCUT2D eigenvalue weighted by molar-refractivity contribution is -0.121. The number of nitrogens with one attached hydrogen (secondary N) is 1. The second-order valence-corrected chi connectivity index (χ2v) is 8.13. The van der Waals surface area contributed by atoms with Crippen LogP contribution in [0.25, 0.3) is 11.7 Å². The van der Waals surface area contributed by atoms with Crippen LogP contribution in [0.3, 0.4) is 0 Å². The van der Waals surface area contributed by atoms with Gasteiger partial charge in [-0.15, -0.1) is 6.58 Å². The molecule has 8 nitrogen and oxygen atoms in total. The van der Waals surface area contributed by atoms with Crippen molar-refractivity contribution in [3.05, 3.63) is 57.4 Å². The van der Waals surface area contributed by atoms with Gasteiger partial charge in [-0.05, 0) is 24.6 Å². The third kappa shape index (κ3) is 4.78. The molecule has 2 aromatic rings. The number of rotatable bonds is 9. The molecule has 0 aromatic carbocycles. The van der Waals surface area contributed by atoms with E-state index in [4.69, 9.17) is 22.1 Å². The maximum atomic E-state index is 13.2. The maximum Gasteiger partial charge on any atom is 0.267 e. The number of ether oxygens (including phenoxy) is 1. The van der Waals surface area contributed by atoms with E-state index in [-0.39, 0.29) is 30.2 Å². The average Bonchev–Trinajstić information content (AvgIpc) is 2.98. The summed E-state index contributed by atoms with van der Waals surface area (Å²) in [4.78, 5) is 32.2. The number of thiocarbonyl (C=S) groups is 1. The lowest BCUT2D eigenvalue weighted by Gasteiger charge is -2.12. The molecule has 0 aliphatic carbocycles. The molecule has 0 unspecified atom stereocenters. The van der Waals surface area contributed by atoms with Crippen molar-refractivity contribution in [3.8, 4) is 0 Å². The van der Waals surface area contributed by atoms with Gasteiger partial charge in [0.25, 0.3) is 11.5 Å². The molecule has 1 aliphatic heterocycles. The van der Waals surface area contributed by atoms with Crippen molar-refractivity contribution < 1.29 is 14.6 Å². The quantitative estimate of drug-likeness (QED) is 0.261. The van der Waals surface area contributed by atoms with E-state index in [0.29, 0.717) is 40.4 Å². The van der Waals surface area contributed by atoms with E-state index in [1.165, 1.54) is 15.4 Å². The number of thioether (sulfide) groups is 1. The summed E-state index contributed by atoms with van der Waals surface area (Å²) in [5, 5.41) is 11.9. The van der Waals surface area contributed by atoms with Gasteiger partial charge in [-0.3, -0.25) is 18.9 Å². The van der Waals surface area contributed by atoms with Crippen LogP contribution < -0.4 is 10.9 Å². The van der Waals surface area contributed by atoms with E-state index in [0.717, 1.165) is 17.3 Å². The fourth-order valence-electron chi connectivity index (χ4n) is 2.85. The smallest absolute Gasteiger partial charge is 0.267 e. The van der Waals surface area contributed by atoms with Crippen molar-refractivity contribution in [2.45, 2.75) is 6.92 Å². The Labute approximate surface area is 183 Å². The Bertz CT molecular complexity index is 1080. The standard InChI is InChI=1S/C20H22N4O4S2/c1-3-7-23-19(27)15(30-20(23)29)11-14-17(21-6-9-28-10-8-25)22-16-5-4-13(2)12-24(16)18(14)26/h3-5,11-12,21,25H,1,6-10H2,2H3/b15-11-. The van der Waals surface area contributed by atoms with Crippen LogP contribution in [-0.2, 0) is 9.53 Å². The molecular weight excluding hydrogens is 424 g/mol. The Balaban J connectivity index is 2.02. The number of amides is 1. The summed E-state index contributed by atoms with van der Waals surface area (Å²) in [7, 11) is 0. The van der Waals surface area contributed by atoms with Gasteiger partial charge in [-0.2, -0.15) is 0 Å². The molecule has 158 valence electrons. The number of aliphatic hydroxyl groups is 1. The molecule has 0 bridgehead atoms. The lowest BCUT2D eigenvalue weighted by Crippen LogP contribution is -2.28. The SMILES string of the molecule is C=CCN1C(=O)/C(=C/c2c(NCCOCCO)nc3ccc(C)cn3c2=O)SC1=S. The Hall–Kier alpha value is -2.53. The number of nitrogens with zero attached hydrogens (tertiary/aromatic N) is 3. The highest BCUT2D eigenvalue weighted by atomic mass is 32.2. The molecule has 0 saturated carbocycles. The zero-order valence-electron chi connectivity index (χ0n) is 16.5. The molecule has 10 heteroatoms. The zero-order chi connectivity index (χ0) is 21.7. The summed E-state index contributed by atoms with van der Waals surface area (Å²) in [6.45, 7) is 6.72. The lowest BCUT2D eigenvalue weighted by atomic mass is 10.2. The number of aliphatic hydroxyl groups excluding tert-OH is 1. The number of hydrogen-bond acceptors (Lipinski definition) is 8. The van der Waals surface area contributed by atoms with Crippen molar-refractivity contribution in [2.24, 2.45) is 0 Å². The molecule has 1 saturated heterocycles. The molecule has 2 aromatic heterocycles. The summed E-state index contributed by atoms with van der Waals surface area (Å²) in [6, 6.07) is 3.63. The van der Waals surface area contributed by atoms with E-state index in [2.05, 4.69) is 16.9 Å². The number of anilines is 1. The Morgan fingerprint density at radius 1 is 1.37 bits per heavy atom. The highest BCUT2D eigenvalue weighted by Gasteiger charge is 2.31. The minimum absolute atomic E-state index is 0.0628. The number of pyridine rings is 1. The summed E-state index contributed by atoms with van der Waals surface area (Å²) in [6.07, 6.45) is 4.84. The van der Waals surface area contributed by atoms with Crippen LogP contribution >= 0.6 is 24.0 Å². The predicted molar refractivity (Wildman–Crippen MR) is 123 cm³/mol. The number of carbonyl (C=O) groups is 1. The number of aryl methyl sites for hydroxylation is 1. The Kier molecular flexibility index (Phi) is 7.38. The molecule has 1 fully saturated rings. The minimum Gasteiger partial charge on any atom is -0.394 e. The van der Waals surface area contributed by atoms with E-state index >= 15 is 0 Å². The number of hydrogen-bond donors (Lipinski definition) is 2. The van der Waals surface area contributed by atoms with E-state index in [1.54, 1.807) is 18.3 Å². The van der Waals surface area contributed by atoms with Crippen molar-refractivity contribution in [2.75, 3.05) is 38.2 Å². The fraction of sp³-hybridized carbons (Fsp3) is 0.300. The first-order valence-electron chi connectivity index (χ1n) is 9.28. The van der Waals surface area contributed by atoms with Gasteiger partial charge in [0.05, 0.1) is 30.3 Å². The third-order valence-electron chi connectivity index (χ3n) is 4.24. The van der Waals surface area contributed by atoms with Crippen molar-refractivity contribution in [1.29, 1.82) is 0 Å². The van der Waals surface area contributed by atoms with Crippen LogP contribution in [0.5, 0.6) is 0 Å². The first-order valence-corrected chi connectivity index (χ1v) is 10.5. The minimum atomic E-state index is -0.295. The van der Waals surface area contributed by atoms with Gasteiger partial charge in [0.15, 0.2) is 0 Å². The van der Waals surface area contributed by atoms with Crippen LogP contribution in [0.1, 0.15) is 11.1 Å². The van der Waals surface area contributed by atoms with Gasteiger partial charge >= 0.3 is 0 Å². The van der Waals surface area contributed by atoms with Crippen LogP contribution in [0.2, 0.25) is 0 Å². The maximum absolute atomic E-state index is 13.2. The molecule has 1 aliphatic rings. The first-order chi connectivity index (χ1) is 14.5. The summed E-state index contributed by atoms with van der Waals surface area (Å²) < 4.78 is 7.13. The topological polar surface area (TPSA) is 96.2 Å². The molecule has 3 rings (SSSR count). The molecule has 0 radical (unpaired) electrons. The summed E-state index contributed by atoms with van der Waals surface area (Å²) in [5.41, 5.74) is 1.37. The third-order valence-corrected chi connectivity index (χ3v) is 5.62. The van der Waals surface area contributed by atoms with Gasteiger partial charge in [0.1, 0.15) is 15.8 Å².